The summed E-state index contributed by atoms with van der Waals surface area (Å²) >= 11 is 1.39. The molecule has 1 aromatic heterocycles. The van der Waals surface area contributed by atoms with Crippen molar-refractivity contribution in [1.82, 2.24) is 9.88 Å². The van der Waals surface area contributed by atoms with Crippen LogP contribution in [-0.2, 0) is 16.1 Å². The average Bonchev–Trinajstić information content (AvgIpc) is 2.65. The standard InChI is InChI=1S/C11H17N3O3S/c1-4-14(8(2)15)11-12-9(7-18-11)5-13(3)6-10(16)17/h7H,4-6H2,1-3H3,(H,16,17). The van der Waals surface area contributed by atoms with Crippen molar-refractivity contribution >= 4 is 28.3 Å². The van der Waals surface area contributed by atoms with Gasteiger partial charge in [-0.2, -0.15) is 0 Å². The number of rotatable bonds is 6. The number of carbonyl (C=O) groups is 2. The van der Waals surface area contributed by atoms with Crippen molar-refractivity contribution < 1.29 is 14.7 Å². The Labute approximate surface area is 110 Å². The van der Waals surface area contributed by atoms with E-state index in [4.69, 9.17) is 5.11 Å². The molecule has 1 amide bonds. The van der Waals surface area contributed by atoms with Gasteiger partial charge >= 0.3 is 5.97 Å². The number of likely N-dealkylation sites (N-methyl/N-ethyl adjacent to an activating group) is 1. The first kappa shape index (κ1) is 14.6. The lowest BCUT2D eigenvalue weighted by molar-refractivity contribution is -0.138. The van der Waals surface area contributed by atoms with E-state index in [2.05, 4.69) is 4.98 Å². The van der Waals surface area contributed by atoms with Gasteiger partial charge in [-0.15, -0.1) is 11.3 Å². The van der Waals surface area contributed by atoms with Gasteiger partial charge in [0.25, 0.3) is 0 Å². The Hall–Kier alpha value is -1.47. The Morgan fingerprint density at radius 1 is 1.50 bits per heavy atom. The lowest BCUT2D eigenvalue weighted by Crippen LogP contribution is -2.28. The molecular formula is C11H17N3O3S. The van der Waals surface area contributed by atoms with E-state index < -0.39 is 5.97 Å². The fourth-order valence-corrected chi connectivity index (χ4v) is 2.47. The van der Waals surface area contributed by atoms with E-state index in [-0.39, 0.29) is 12.5 Å². The van der Waals surface area contributed by atoms with E-state index in [0.717, 1.165) is 5.69 Å². The highest BCUT2D eigenvalue weighted by Gasteiger charge is 2.14. The molecule has 7 heteroatoms. The van der Waals surface area contributed by atoms with Crippen LogP contribution in [0, 0.1) is 0 Å². The molecule has 0 saturated carbocycles. The number of hydrogen-bond acceptors (Lipinski definition) is 5. The van der Waals surface area contributed by atoms with E-state index in [1.54, 1.807) is 16.8 Å². The number of carboxylic acid groups (broad SMARTS) is 1. The highest BCUT2D eigenvalue weighted by atomic mass is 32.1. The summed E-state index contributed by atoms with van der Waals surface area (Å²) in [5.74, 6) is -0.913. The molecule has 100 valence electrons. The number of thiazole rings is 1. The van der Waals surface area contributed by atoms with Crippen LogP contribution < -0.4 is 4.90 Å². The maximum absolute atomic E-state index is 11.4. The average molecular weight is 271 g/mol. The number of aliphatic carboxylic acids is 1. The normalized spacial score (nSPS) is 10.7. The molecule has 1 heterocycles. The number of amides is 1. The van der Waals surface area contributed by atoms with Gasteiger partial charge in [0.15, 0.2) is 5.13 Å². The van der Waals surface area contributed by atoms with E-state index in [9.17, 15) is 9.59 Å². The molecule has 0 atom stereocenters. The summed E-state index contributed by atoms with van der Waals surface area (Å²) in [4.78, 5) is 29.5. The molecule has 1 N–H and O–H groups in total. The van der Waals surface area contributed by atoms with Crippen molar-refractivity contribution in [1.29, 1.82) is 0 Å². The van der Waals surface area contributed by atoms with E-state index in [1.165, 1.54) is 18.3 Å². The number of hydrogen-bond donors (Lipinski definition) is 1. The van der Waals surface area contributed by atoms with Crippen molar-refractivity contribution in [3.05, 3.63) is 11.1 Å². The van der Waals surface area contributed by atoms with Crippen LogP contribution >= 0.6 is 11.3 Å². The largest absolute Gasteiger partial charge is 0.480 e. The highest BCUT2D eigenvalue weighted by Crippen LogP contribution is 2.21. The maximum Gasteiger partial charge on any atom is 0.317 e. The molecule has 0 aliphatic heterocycles. The van der Waals surface area contributed by atoms with Gasteiger partial charge in [-0.3, -0.25) is 19.4 Å². The van der Waals surface area contributed by atoms with Gasteiger partial charge < -0.3 is 5.11 Å². The van der Waals surface area contributed by atoms with E-state index >= 15 is 0 Å². The van der Waals surface area contributed by atoms with Crippen molar-refractivity contribution in [3.63, 3.8) is 0 Å². The fraction of sp³-hybridized carbons (Fsp3) is 0.545. The van der Waals surface area contributed by atoms with Crippen molar-refractivity contribution in [3.8, 4) is 0 Å². The Balaban J connectivity index is 2.68. The molecule has 0 unspecified atom stereocenters. The predicted molar refractivity (Wildman–Crippen MR) is 69.8 cm³/mol. The number of carbonyl (C=O) groups excluding carboxylic acids is 1. The van der Waals surface area contributed by atoms with Crippen LogP contribution in [0.25, 0.3) is 0 Å². The van der Waals surface area contributed by atoms with Gasteiger partial charge in [0, 0.05) is 25.4 Å². The summed E-state index contributed by atoms with van der Waals surface area (Å²) in [6, 6.07) is 0. The summed E-state index contributed by atoms with van der Waals surface area (Å²) in [5, 5.41) is 11.2. The first-order valence-corrected chi connectivity index (χ1v) is 6.44. The molecule has 1 rings (SSSR count). The van der Waals surface area contributed by atoms with Crippen LogP contribution in [-0.4, -0.2) is 47.0 Å². The Morgan fingerprint density at radius 3 is 2.67 bits per heavy atom. The summed E-state index contributed by atoms with van der Waals surface area (Å²) in [5.41, 5.74) is 0.776. The minimum absolute atomic E-state index is 0.0307. The number of aromatic nitrogens is 1. The van der Waals surface area contributed by atoms with Crippen LogP contribution in [0.2, 0.25) is 0 Å². The van der Waals surface area contributed by atoms with Gasteiger partial charge in [0.1, 0.15) is 0 Å². The SMILES string of the molecule is CCN(C(C)=O)c1nc(CN(C)CC(=O)O)cs1. The van der Waals surface area contributed by atoms with Gasteiger partial charge in [-0.1, -0.05) is 0 Å². The predicted octanol–water partition coefficient (Wildman–Crippen LogP) is 1.03. The molecule has 0 fully saturated rings. The van der Waals surface area contributed by atoms with E-state index in [1.807, 2.05) is 12.3 Å². The monoisotopic (exact) mass is 271 g/mol. The lowest BCUT2D eigenvalue weighted by Gasteiger charge is -2.15. The third kappa shape index (κ3) is 4.08. The molecular weight excluding hydrogens is 254 g/mol. The molecule has 18 heavy (non-hydrogen) atoms. The molecule has 0 spiro atoms. The zero-order valence-electron chi connectivity index (χ0n) is 10.7. The topological polar surface area (TPSA) is 73.7 Å². The molecule has 0 aliphatic rings. The fourth-order valence-electron chi connectivity index (χ4n) is 1.55. The van der Waals surface area contributed by atoms with Gasteiger partial charge in [0.05, 0.1) is 12.2 Å². The minimum atomic E-state index is -0.869. The molecule has 0 aliphatic carbocycles. The summed E-state index contributed by atoms with van der Waals surface area (Å²) in [6.07, 6.45) is 0. The third-order valence-electron chi connectivity index (χ3n) is 2.30. The minimum Gasteiger partial charge on any atom is -0.480 e. The first-order valence-electron chi connectivity index (χ1n) is 5.56. The maximum atomic E-state index is 11.4. The second-order valence-electron chi connectivity index (χ2n) is 3.95. The highest BCUT2D eigenvalue weighted by molar-refractivity contribution is 7.14. The summed E-state index contributed by atoms with van der Waals surface area (Å²) < 4.78 is 0. The first-order chi connectivity index (χ1) is 8.43. The molecule has 0 bridgehead atoms. The number of anilines is 1. The molecule has 0 saturated heterocycles. The van der Waals surface area contributed by atoms with Crippen LogP contribution in [0.5, 0.6) is 0 Å². The van der Waals surface area contributed by atoms with Gasteiger partial charge in [-0.25, -0.2) is 4.98 Å². The van der Waals surface area contributed by atoms with Crippen LogP contribution in [0.3, 0.4) is 0 Å². The number of nitrogens with zero attached hydrogens (tertiary/aromatic N) is 3. The molecule has 0 aromatic carbocycles. The van der Waals surface area contributed by atoms with Crippen LogP contribution in [0.15, 0.2) is 5.38 Å². The quantitative estimate of drug-likeness (QED) is 0.836. The van der Waals surface area contributed by atoms with Crippen molar-refractivity contribution in [2.75, 3.05) is 25.0 Å². The van der Waals surface area contributed by atoms with Crippen LogP contribution in [0.1, 0.15) is 19.5 Å². The Bertz CT molecular complexity index is 433. The zero-order chi connectivity index (χ0) is 13.7. The second kappa shape index (κ2) is 6.46. The van der Waals surface area contributed by atoms with Crippen molar-refractivity contribution in [2.24, 2.45) is 0 Å². The third-order valence-corrected chi connectivity index (χ3v) is 3.22. The number of carboxylic acids is 1. The van der Waals surface area contributed by atoms with E-state index in [0.29, 0.717) is 18.2 Å². The zero-order valence-corrected chi connectivity index (χ0v) is 11.5. The Morgan fingerprint density at radius 2 is 2.17 bits per heavy atom. The van der Waals surface area contributed by atoms with Crippen LogP contribution in [0.4, 0.5) is 5.13 Å². The Kier molecular flexibility index (Phi) is 5.24. The smallest absolute Gasteiger partial charge is 0.317 e. The molecule has 0 radical (unpaired) electrons. The summed E-state index contributed by atoms with van der Waals surface area (Å²) in [6.45, 7) is 4.39. The second-order valence-corrected chi connectivity index (χ2v) is 4.79. The molecule has 6 nitrogen and oxygen atoms in total. The van der Waals surface area contributed by atoms with Gasteiger partial charge in [-0.05, 0) is 14.0 Å². The van der Waals surface area contributed by atoms with Crippen molar-refractivity contribution in [2.45, 2.75) is 20.4 Å². The van der Waals surface area contributed by atoms with Gasteiger partial charge in [0.2, 0.25) is 5.91 Å². The molecule has 1 aromatic rings. The summed E-state index contributed by atoms with van der Waals surface area (Å²) in [7, 11) is 1.72. The lowest BCUT2D eigenvalue weighted by atomic mass is 10.4.